The van der Waals surface area contributed by atoms with Crippen LogP contribution in [-0.2, 0) is 9.59 Å². The summed E-state index contributed by atoms with van der Waals surface area (Å²) in [5.41, 5.74) is 2.99. The third-order valence-corrected chi connectivity index (χ3v) is 6.86. The fourth-order valence-corrected chi connectivity index (χ4v) is 4.95. The van der Waals surface area contributed by atoms with Crippen LogP contribution in [0.2, 0.25) is 0 Å². The molecule has 3 aliphatic rings. The van der Waals surface area contributed by atoms with E-state index in [0.717, 1.165) is 62.1 Å². The molecular weight excluding hydrogens is 392 g/mol. The van der Waals surface area contributed by atoms with E-state index in [1.54, 1.807) is 0 Å². The predicted molar refractivity (Wildman–Crippen MR) is 123 cm³/mol. The van der Waals surface area contributed by atoms with E-state index in [2.05, 4.69) is 37.9 Å². The van der Waals surface area contributed by atoms with Crippen molar-refractivity contribution in [1.29, 1.82) is 5.41 Å². The van der Waals surface area contributed by atoms with Gasteiger partial charge in [0.1, 0.15) is 0 Å². The van der Waals surface area contributed by atoms with Crippen molar-refractivity contribution in [3.63, 3.8) is 0 Å². The highest BCUT2D eigenvalue weighted by Gasteiger charge is 2.31. The number of piperazine rings is 1. The first kappa shape index (κ1) is 21.8. The highest BCUT2D eigenvalue weighted by Crippen LogP contribution is 2.28. The molecule has 0 bridgehead atoms. The van der Waals surface area contributed by atoms with Gasteiger partial charge in [-0.05, 0) is 56.5 Å². The molecule has 1 aromatic carbocycles. The Labute approximate surface area is 184 Å². The number of benzene rings is 1. The van der Waals surface area contributed by atoms with Gasteiger partial charge in [0.15, 0.2) is 0 Å². The van der Waals surface area contributed by atoms with Crippen LogP contribution in [-0.4, -0.2) is 75.3 Å². The van der Waals surface area contributed by atoms with Gasteiger partial charge in [-0.3, -0.25) is 19.8 Å². The Morgan fingerprint density at radius 2 is 1.87 bits per heavy atom. The summed E-state index contributed by atoms with van der Waals surface area (Å²) in [6, 6.07) is 6.08. The van der Waals surface area contributed by atoms with Crippen LogP contribution in [0.1, 0.15) is 31.2 Å². The van der Waals surface area contributed by atoms with Gasteiger partial charge in [-0.25, -0.2) is 0 Å². The van der Waals surface area contributed by atoms with E-state index in [4.69, 9.17) is 5.41 Å². The average Bonchev–Trinajstić information content (AvgIpc) is 2.79. The molecule has 0 aliphatic carbocycles. The number of nitrogens with zero attached hydrogens (tertiary/aromatic N) is 2. The van der Waals surface area contributed by atoms with Crippen molar-refractivity contribution in [3.8, 4) is 0 Å². The van der Waals surface area contributed by atoms with E-state index in [-0.39, 0.29) is 23.9 Å². The Morgan fingerprint density at radius 1 is 1.13 bits per heavy atom. The summed E-state index contributed by atoms with van der Waals surface area (Å²) in [5, 5.41) is 17.6. The van der Waals surface area contributed by atoms with E-state index in [0.29, 0.717) is 6.42 Å². The smallest absolute Gasteiger partial charge is 0.235 e. The van der Waals surface area contributed by atoms with Gasteiger partial charge >= 0.3 is 0 Å². The van der Waals surface area contributed by atoms with Crippen LogP contribution in [0.4, 0.5) is 11.4 Å². The second-order valence-corrected chi connectivity index (χ2v) is 8.88. The van der Waals surface area contributed by atoms with Crippen molar-refractivity contribution in [1.82, 2.24) is 15.5 Å². The molecule has 168 valence electrons. The predicted octanol–water partition coefficient (Wildman–Crippen LogP) is 1.27. The van der Waals surface area contributed by atoms with Crippen molar-refractivity contribution in [2.75, 3.05) is 63.1 Å². The van der Waals surface area contributed by atoms with Crippen LogP contribution in [0.25, 0.3) is 0 Å². The third-order valence-electron chi connectivity index (χ3n) is 6.86. The standard InChI is InChI=1S/C23H34N6O2/c1-25-20-14-17(2-3-18(20)22(24)19-4-5-21(30)27-23(19)31)29-12-10-28(11-13-29)15-16-6-8-26-9-7-16/h2-3,14,16,19,24-26H,4-13,15H2,1H3,(H,27,30,31). The van der Waals surface area contributed by atoms with Gasteiger partial charge in [0.2, 0.25) is 11.8 Å². The quantitative estimate of drug-likeness (QED) is 0.404. The lowest BCUT2D eigenvalue weighted by atomic mass is 9.88. The summed E-state index contributed by atoms with van der Waals surface area (Å²) in [7, 11) is 1.84. The van der Waals surface area contributed by atoms with E-state index >= 15 is 0 Å². The number of nitrogens with one attached hydrogen (secondary N) is 4. The first-order valence-corrected chi connectivity index (χ1v) is 11.5. The molecule has 8 heteroatoms. The molecule has 2 amide bonds. The SMILES string of the molecule is CNc1cc(N2CCN(CC3CCNCC3)CC2)ccc1C(=N)C1CCC(=O)NC1=O. The molecule has 4 N–H and O–H groups in total. The van der Waals surface area contributed by atoms with Crippen LogP contribution >= 0.6 is 0 Å². The lowest BCUT2D eigenvalue weighted by Crippen LogP contribution is -2.48. The second-order valence-electron chi connectivity index (χ2n) is 8.88. The zero-order chi connectivity index (χ0) is 21.8. The summed E-state index contributed by atoms with van der Waals surface area (Å²) < 4.78 is 0. The molecule has 0 spiro atoms. The summed E-state index contributed by atoms with van der Waals surface area (Å²) in [6.07, 6.45) is 3.25. The van der Waals surface area contributed by atoms with Gasteiger partial charge in [-0.15, -0.1) is 0 Å². The topological polar surface area (TPSA) is 101 Å². The highest BCUT2D eigenvalue weighted by molar-refractivity contribution is 6.17. The van der Waals surface area contributed by atoms with Crippen molar-refractivity contribution in [2.24, 2.45) is 11.8 Å². The molecule has 3 heterocycles. The number of hydrogen-bond acceptors (Lipinski definition) is 7. The van der Waals surface area contributed by atoms with E-state index in [9.17, 15) is 9.59 Å². The van der Waals surface area contributed by atoms with Gasteiger partial charge in [0, 0.05) is 63.1 Å². The summed E-state index contributed by atoms with van der Waals surface area (Å²) >= 11 is 0. The maximum Gasteiger partial charge on any atom is 0.235 e. The first-order chi connectivity index (χ1) is 15.0. The molecule has 8 nitrogen and oxygen atoms in total. The summed E-state index contributed by atoms with van der Waals surface area (Å²) in [4.78, 5) is 28.6. The molecule has 1 aromatic rings. The number of imide groups is 1. The molecule has 0 saturated carbocycles. The largest absolute Gasteiger partial charge is 0.388 e. The Balaban J connectivity index is 1.38. The van der Waals surface area contributed by atoms with Crippen molar-refractivity contribution in [2.45, 2.75) is 25.7 Å². The number of hydrogen-bond donors (Lipinski definition) is 4. The zero-order valence-corrected chi connectivity index (χ0v) is 18.4. The lowest BCUT2D eigenvalue weighted by Gasteiger charge is -2.38. The number of carbonyl (C=O) groups excluding carboxylic acids is 2. The van der Waals surface area contributed by atoms with Gasteiger partial charge < -0.3 is 20.9 Å². The lowest BCUT2D eigenvalue weighted by molar-refractivity contribution is -0.134. The van der Waals surface area contributed by atoms with Gasteiger partial charge in [-0.1, -0.05) is 0 Å². The fraction of sp³-hybridized carbons (Fsp3) is 0.609. The van der Waals surface area contributed by atoms with Crippen LogP contribution < -0.4 is 20.9 Å². The monoisotopic (exact) mass is 426 g/mol. The van der Waals surface area contributed by atoms with Crippen LogP contribution in [0.15, 0.2) is 18.2 Å². The molecule has 1 unspecified atom stereocenters. The average molecular weight is 427 g/mol. The number of amides is 2. The van der Waals surface area contributed by atoms with Crippen LogP contribution in [0, 0.1) is 17.2 Å². The molecule has 0 radical (unpaired) electrons. The van der Waals surface area contributed by atoms with Gasteiger partial charge in [0.25, 0.3) is 0 Å². The minimum Gasteiger partial charge on any atom is -0.388 e. The molecule has 3 fully saturated rings. The van der Waals surface area contributed by atoms with E-state index in [1.165, 1.54) is 19.4 Å². The molecular formula is C23H34N6O2. The Kier molecular flexibility index (Phi) is 6.87. The van der Waals surface area contributed by atoms with Gasteiger partial charge in [-0.2, -0.15) is 0 Å². The Bertz CT molecular complexity index is 827. The van der Waals surface area contributed by atoms with Crippen LogP contribution in [0.5, 0.6) is 0 Å². The van der Waals surface area contributed by atoms with E-state index < -0.39 is 5.92 Å². The van der Waals surface area contributed by atoms with E-state index in [1.807, 2.05) is 13.1 Å². The number of anilines is 2. The van der Waals surface area contributed by atoms with Gasteiger partial charge in [0.05, 0.1) is 11.6 Å². The van der Waals surface area contributed by atoms with Crippen LogP contribution in [0.3, 0.4) is 0 Å². The number of carbonyl (C=O) groups is 2. The summed E-state index contributed by atoms with van der Waals surface area (Å²) in [5.74, 6) is -0.370. The second kappa shape index (κ2) is 9.78. The maximum absolute atomic E-state index is 12.2. The summed E-state index contributed by atoms with van der Waals surface area (Å²) in [6.45, 7) is 7.66. The number of piperidine rings is 2. The normalized spacial score (nSPS) is 23.5. The molecule has 4 rings (SSSR count). The molecule has 0 aromatic heterocycles. The molecule has 3 aliphatic heterocycles. The molecule has 31 heavy (non-hydrogen) atoms. The zero-order valence-electron chi connectivity index (χ0n) is 18.4. The molecule has 3 saturated heterocycles. The minimum atomic E-state index is -0.575. The van der Waals surface area contributed by atoms with Crippen molar-refractivity contribution < 1.29 is 9.59 Å². The number of rotatable bonds is 6. The third kappa shape index (κ3) is 5.07. The van der Waals surface area contributed by atoms with Crippen molar-refractivity contribution >= 4 is 28.9 Å². The Hall–Kier alpha value is -2.45. The minimum absolute atomic E-state index is 0.252. The highest BCUT2D eigenvalue weighted by atomic mass is 16.2. The maximum atomic E-state index is 12.2. The Morgan fingerprint density at radius 3 is 2.55 bits per heavy atom. The first-order valence-electron chi connectivity index (χ1n) is 11.5. The van der Waals surface area contributed by atoms with Crippen molar-refractivity contribution in [3.05, 3.63) is 23.8 Å². The fourth-order valence-electron chi connectivity index (χ4n) is 4.95. The molecule has 1 atom stereocenters.